The summed E-state index contributed by atoms with van der Waals surface area (Å²) >= 11 is 0. The summed E-state index contributed by atoms with van der Waals surface area (Å²) in [6, 6.07) is 3.49. The monoisotopic (exact) mass is 276 g/mol. The molecule has 20 heavy (non-hydrogen) atoms. The second kappa shape index (κ2) is 6.50. The van der Waals surface area contributed by atoms with Crippen molar-refractivity contribution in [1.29, 1.82) is 0 Å². The van der Waals surface area contributed by atoms with Crippen LogP contribution in [-0.2, 0) is 9.53 Å². The Hall–Kier alpha value is -1.91. The number of carbonyl (C=O) groups excluding carboxylic acids is 2. The number of nitrogens with zero attached hydrogens (tertiary/aromatic N) is 2. The van der Waals surface area contributed by atoms with Gasteiger partial charge < -0.3 is 9.64 Å². The molecule has 1 aromatic heterocycles. The van der Waals surface area contributed by atoms with E-state index in [-0.39, 0.29) is 17.7 Å². The number of hydrogen-bond donors (Lipinski definition) is 0. The van der Waals surface area contributed by atoms with Crippen LogP contribution in [0.4, 0.5) is 5.82 Å². The van der Waals surface area contributed by atoms with Crippen LogP contribution in [0.3, 0.4) is 0 Å². The number of piperidine rings is 1. The van der Waals surface area contributed by atoms with Crippen LogP contribution in [0.25, 0.3) is 0 Å². The molecular weight excluding hydrogens is 256 g/mol. The van der Waals surface area contributed by atoms with Crippen LogP contribution in [0, 0.1) is 5.92 Å². The van der Waals surface area contributed by atoms with E-state index < -0.39 is 0 Å². The Morgan fingerprint density at radius 1 is 1.50 bits per heavy atom. The first-order chi connectivity index (χ1) is 9.61. The third kappa shape index (κ3) is 3.35. The lowest BCUT2D eigenvalue weighted by Crippen LogP contribution is -2.39. The zero-order valence-electron chi connectivity index (χ0n) is 12.0. The lowest BCUT2D eigenvalue weighted by atomic mass is 9.98. The average molecular weight is 276 g/mol. The first kappa shape index (κ1) is 14.5. The van der Waals surface area contributed by atoms with Crippen LogP contribution in [0.15, 0.2) is 18.3 Å². The molecule has 0 radical (unpaired) electrons. The van der Waals surface area contributed by atoms with Crippen molar-refractivity contribution in [1.82, 2.24) is 4.98 Å². The van der Waals surface area contributed by atoms with Crippen molar-refractivity contribution >= 4 is 17.6 Å². The molecule has 5 nitrogen and oxygen atoms in total. The summed E-state index contributed by atoms with van der Waals surface area (Å²) < 4.78 is 5.09. The quantitative estimate of drug-likeness (QED) is 0.622. The van der Waals surface area contributed by atoms with E-state index in [2.05, 4.69) is 9.88 Å². The van der Waals surface area contributed by atoms with E-state index >= 15 is 0 Å². The normalized spacial score (nSPS) is 18.7. The van der Waals surface area contributed by atoms with Crippen LogP contribution >= 0.6 is 0 Å². The molecule has 1 atom stereocenters. The number of hydrogen-bond acceptors (Lipinski definition) is 5. The van der Waals surface area contributed by atoms with Crippen molar-refractivity contribution in [3.8, 4) is 0 Å². The maximum atomic E-state index is 11.8. The molecule has 108 valence electrons. The Labute approximate surface area is 118 Å². The smallest absolute Gasteiger partial charge is 0.310 e. The van der Waals surface area contributed by atoms with Gasteiger partial charge in [0.1, 0.15) is 5.82 Å². The summed E-state index contributed by atoms with van der Waals surface area (Å²) in [5, 5.41) is 0. The van der Waals surface area contributed by atoms with E-state index in [1.165, 1.54) is 6.92 Å². The number of ketones is 1. The molecular formula is C15H20N2O3. The molecule has 0 amide bonds. The van der Waals surface area contributed by atoms with Gasteiger partial charge in [-0.2, -0.15) is 0 Å². The first-order valence-corrected chi connectivity index (χ1v) is 7.00. The Morgan fingerprint density at radius 3 is 3.00 bits per heavy atom. The highest BCUT2D eigenvalue weighted by atomic mass is 16.5. The van der Waals surface area contributed by atoms with E-state index in [9.17, 15) is 9.59 Å². The van der Waals surface area contributed by atoms with Gasteiger partial charge in [-0.1, -0.05) is 0 Å². The molecule has 2 heterocycles. The van der Waals surface area contributed by atoms with Gasteiger partial charge in [-0.05, 0) is 38.8 Å². The molecule has 1 aliphatic rings. The Kier molecular flexibility index (Phi) is 4.71. The van der Waals surface area contributed by atoms with Crippen LogP contribution < -0.4 is 4.90 Å². The maximum Gasteiger partial charge on any atom is 0.310 e. The predicted molar refractivity (Wildman–Crippen MR) is 75.8 cm³/mol. The van der Waals surface area contributed by atoms with Crippen molar-refractivity contribution in [2.75, 3.05) is 24.6 Å². The molecule has 1 fully saturated rings. The van der Waals surface area contributed by atoms with Crippen LogP contribution in [-0.4, -0.2) is 36.4 Å². The van der Waals surface area contributed by atoms with Crippen molar-refractivity contribution in [3.05, 3.63) is 23.9 Å². The second-order valence-electron chi connectivity index (χ2n) is 5.00. The molecule has 2 rings (SSSR count). The lowest BCUT2D eigenvalue weighted by molar-refractivity contribution is -0.148. The number of carbonyl (C=O) groups is 2. The molecule has 1 unspecified atom stereocenters. The standard InChI is InChI=1S/C15H20N2O3/c1-3-20-15(19)13-5-4-8-17(10-13)14-9-12(11(2)18)6-7-16-14/h6-7,9,13H,3-5,8,10H2,1-2H3. The summed E-state index contributed by atoms with van der Waals surface area (Å²) in [6.45, 7) is 5.22. The van der Waals surface area contributed by atoms with Gasteiger partial charge in [0, 0.05) is 24.8 Å². The fourth-order valence-electron chi connectivity index (χ4n) is 2.45. The summed E-state index contributed by atoms with van der Waals surface area (Å²) in [4.78, 5) is 29.6. The average Bonchev–Trinajstić information content (AvgIpc) is 2.48. The molecule has 0 N–H and O–H groups in total. The van der Waals surface area contributed by atoms with Crippen molar-refractivity contribution in [2.45, 2.75) is 26.7 Å². The summed E-state index contributed by atoms with van der Waals surface area (Å²) in [5.41, 5.74) is 0.647. The van der Waals surface area contributed by atoms with E-state index in [1.807, 2.05) is 6.92 Å². The predicted octanol–water partition coefficient (Wildman–Crippen LogP) is 2.06. The highest BCUT2D eigenvalue weighted by Gasteiger charge is 2.27. The van der Waals surface area contributed by atoms with E-state index in [0.29, 0.717) is 18.7 Å². The molecule has 0 aliphatic carbocycles. The summed E-state index contributed by atoms with van der Waals surface area (Å²) in [6.07, 6.45) is 3.41. The minimum Gasteiger partial charge on any atom is -0.466 e. The lowest BCUT2D eigenvalue weighted by Gasteiger charge is -2.32. The molecule has 1 aliphatic heterocycles. The zero-order chi connectivity index (χ0) is 14.5. The number of pyridine rings is 1. The highest BCUT2D eigenvalue weighted by molar-refractivity contribution is 5.94. The molecule has 0 bridgehead atoms. The van der Waals surface area contributed by atoms with E-state index in [1.54, 1.807) is 18.3 Å². The molecule has 0 spiro atoms. The Bertz CT molecular complexity index is 502. The molecule has 0 aromatic carbocycles. The Balaban J connectivity index is 2.10. The number of aromatic nitrogens is 1. The minimum atomic E-state index is -0.139. The largest absolute Gasteiger partial charge is 0.466 e. The van der Waals surface area contributed by atoms with Crippen LogP contribution in [0.2, 0.25) is 0 Å². The van der Waals surface area contributed by atoms with Gasteiger partial charge in [0.25, 0.3) is 0 Å². The number of Topliss-reactive ketones (excluding diaryl/α,β-unsaturated/α-hetero) is 1. The zero-order valence-corrected chi connectivity index (χ0v) is 12.0. The fraction of sp³-hybridized carbons (Fsp3) is 0.533. The third-order valence-corrected chi connectivity index (χ3v) is 3.52. The molecule has 1 aromatic rings. The van der Waals surface area contributed by atoms with Crippen LogP contribution in [0.1, 0.15) is 37.0 Å². The number of ether oxygens (including phenoxy) is 1. The molecule has 0 saturated carbocycles. The van der Waals surface area contributed by atoms with Gasteiger partial charge in [0.15, 0.2) is 5.78 Å². The van der Waals surface area contributed by atoms with Crippen molar-refractivity contribution < 1.29 is 14.3 Å². The number of rotatable bonds is 4. The third-order valence-electron chi connectivity index (χ3n) is 3.52. The van der Waals surface area contributed by atoms with Gasteiger partial charge in [0.05, 0.1) is 12.5 Å². The first-order valence-electron chi connectivity index (χ1n) is 7.00. The van der Waals surface area contributed by atoms with Gasteiger partial charge in [-0.25, -0.2) is 4.98 Å². The fourth-order valence-corrected chi connectivity index (χ4v) is 2.45. The number of anilines is 1. The van der Waals surface area contributed by atoms with Gasteiger partial charge in [-0.3, -0.25) is 9.59 Å². The Morgan fingerprint density at radius 2 is 2.30 bits per heavy atom. The van der Waals surface area contributed by atoms with E-state index in [0.717, 1.165) is 25.2 Å². The second-order valence-corrected chi connectivity index (χ2v) is 5.00. The van der Waals surface area contributed by atoms with Gasteiger partial charge in [-0.15, -0.1) is 0 Å². The SMILES string of the molecule is CCOC(=O)C1CCCN(c2cc(C(C)=O)ccn2)C1. The van der Waals surface area contributed by atoms with Gasteiger partial charge in [0.2, 0.25) is 0 Å². The number of esters is 1. The van der Waals surface area contributed by atoms with E-state index in [4.69, 9.17) is 4.74 Å². The topological polar surface area (TPSA) is 59.5 Å². The highest BCUT2D eigenvalue weighted by Crippen LogP contribution is 2.23. The molecule has 5 heteroatoms. The minimum absolute atomic E-state index is 0.0209. The van der Waals surface area contributed by atoms with Crippen molar-refractivity contribution in [3.63, 3.8) is 0 Å². The maximum absolute atomic E-state index is 11.8. The van der Waals surface area contributed by atoms with Crippen molar-refractivity contribution in [2.24, 2.45) is 5.92 Å². The van der Waals surface area contributed by atoms with Gasteiger partial charge >= 0.3 is 5.97 Å². The van der Waals surface area contributed by atoms with Crippen LogP contribution in [0.5, 0.6) is 0 Å². The summed E-state index contributed by atoms with van der Waals surface area (Å²) in [7, 11) is 0. The molecule has 1 saturated heterocycles. The summed E-state index contributed by atoms with van der Waals surface area (Å²) in [5.74, 6) is 0.533.